The van der Waals surface area contributed by atoms with E-state index in [2.05, 4.69) is 22.9 Å². The smallest absolute Gasteiger partial charge is 0.336 e. The molecule has 0 saturated heterocycles. The number of furan rings is 1. The number of hydrogen-bond donors (Lipinski definition) is 0. The molecule has 0 fully saturated rings. The second kappa shape index (κ2) is 7.82. The summed E-state index contributed by atoms with van der Waals surface area (Å²) in [5, 5.41) is 0.966. The summed E-state index contributed by atoms with van der Waals surface area (Å²) in [5.74, 6) is 0.871. The van der Waals surface area contributed by atoms with Gasteiger partial charge in [-0.15, -0.1) is 0 Å². The molecule has 5 nitrogen and oxygen atoms in total. The number of rotatable bonds is 6. The quantitative estimate of drug-likeness (QED) is 0.462. The molecular formula is C23H22N2O3. The zero-order valence-corrected chi connectivity index (χ0v) is 16.0. The molecule has 0 unspecified atom stereocenters. The normalized spacial score (nSPS) is 11.4. The maximum absolute atomic E-state index is 12.1. The van der Waals surface area contributed by atoms with Crippen LogP contribution in [0.5, 0.6) is 0 Å². The topological polar surface area (TPSA) is 59.5 Å². The van der Waals surface area contributed by atoms with Gasteiger partial charge >= 0.3 is 5.63 Å². The molecule has 0 N–H and O–H groups in total. The van der Waals surface area contributed by atoms with Gasteiger partial charge in [0.05, 0.1) is 18.5 Å². The molecule has 5 heteroatoms. The van der Waals surface area contributed by atoms with Crippen molar-refractivity contribution < 1.29 is 8.83 Å². The fourth-order valence-electron chi connectivity index (χ4n) is 3.37. The first-order chi connectivity index (χ1) is 13.6. The highest BCUT2D eigenvalue weighted by Gasteiger charge is 2.15. The minimum absolute atomic E-state index is 0.332. The van der Waals surface area contributed by atoms with E-state index in [1.54, 1.807) is 18.5 Å². The molecule has 0 spiro atoms. The van der Waals surface area contributed by atoms with Crippen LogP contribution in [0.25, 0.3) is 11.0 Å². The van der Waals surface area contributed by atoms with Gasteiger partial charge in [-0.1, -0.05) is 6.07 Å². The van der Waals surface area contributed by atoms with E-state index in [9.17, 15) is 4.79 Å². The van der Waals surface area contributed by atoms with Crippen molar-refractivity contribution >= 4 is 11.0 Å². The molecule has 0 bridgehead atoms. The Labute approximate surface area is 163 Å². The SMILES string of the molecule is Cc1cc2oc(=O)cc(CN(Cc3ccccn3)Cc3ccco3)c2cc1C. The molecule has 0 aliphatic heterocycles. The van der Waals surface area contributed by atoms with Crippen LogP contribution in [-0.2, 0) is 19.6 Å². The molecule has 1 aromatic carbocycles. The van der Waals surface area contributed by atoms with Gasteiger partial charge in [-0.2, -0.15) is 0 Å². The van der Waals surface area contributed by atoms with Crippen LogP contribution in [0.15, 0.2) is 74.6 Å². The largest absolute Gasteiger partial charge is 0.468 e. The highest BCUT2D eigenvalue weighted by Crippen LogP contribution is 2.24. The third-order valence-corrected chi connectivity index (χ3v) is 4.91. The third kappa shape index (κ3) is 4.05. The molecule has 0 radical (unpaired) electrons. The van der Waals surface area contributed by atoms with Crippen molar-refractivity contribution in [1.29, 1.82) is 0 Å². The van der Waals surface area contributed by atoms with Gasteiger partial charge in [-0.05, 0) is 66.9 Å². The van der Waals surface area contributed by atoms with Gasteiger partial charge in [0.1, 0.15) is 11.3 Å². The minimum atomic E-state index is -0.332. The Hall–Kier alpha value is -3.18. The van der Waals surface area contributed by atoms with Gasteiger partial charge in [0.25, 0.3) is 0 Å². The van der Waals surface area contributed by atoms with Crippen LogP contribution < -0.4 is 5.63 Å². The van der Waals surface area contributed by atoms with Crippen molar-refractivity contribution in [3.8, 4) is 0 Å². The lowest BCUT2D eigenvalue weighted by Crippen LogP contribution is -2.23. The van der Waals surface area contributed by atoms with E-state index >= 15 is 0 Å². The average molecular weight is 374 g/mol. The molecular weight excluding hydrogens is 352 g/mol. The lowest BCUT2D eigenvalue weighted by atomic mass is 10.0. The zero-order chi connectivity index (χ0) is 19.5. The van der Waals surface area contributed by atoms with Crippen LogP contribution in [-0.4, -0.2) is 9.88 Å². The van der Waals surface area contributed by atoms with Gasteiger partial charge in [-0.25, -0.2) is 4.79 Å². The molecule has 0 aliphatic carbocycles. The number of fused-ring (bicyclic) bond motifs is 1. The van der Waals surface area contributed by atoms with Crippen LogP contribution in [0.2, 0.25) is 0 Å². The summed E-state index contributed by atoms with van der Waals surface area (Å²) in [6.45, 7) is 5.94. The number of pyridine rings is 1. The summed E-state index contributed by atoms with van der Waals surface area (Å²) in [6.07, 6.45) is 3.46. The van der Waals surface area contributed by atoms with Crippen molar-refractivity contribution in [3.05, 3.63) is 99.6 Å². The molecule has 0 aliphatic rings. The third-order valence-electron chi connectivity index (χ3n) is 4.91. The molecule has 4 rings (SSSR count). The Morgan fingerprint density at radius 1 is 0.964 bits per heavy atom. The predicted molar refractivity (Wildman–Crippen MR) is 108 cm³/mol. The Morgan fingerprint density at radius 3 is 2.57 bits per heavy atom. The Kier molecular flexibility index (Phi) is 5.08. The second-order valence-electron chi connectivity index (χ2n) is 7.07. The van der Waals surface area contributed by atoms with Gasteiger partial charge in [0, 0.05) is 30.7 Å². The highest BCUT2D eigenvalue weighted by molar-refractivity contribution is 5.81. The Balaban J connectivity index is 1.71. The lowest BCUT2D eigenvalue weighted by Gasteiger charge is -2.21. The molecule has 3 aromatic heterocycles. The Morgan fingerprint density at radius 2 is 1.82 bits per heavy atom. The van der Waals surface area contributed by atoms with Crippen molar-refractivity contribution in [2.45, 2.75) is 33.5 Å². The van der Waals surface area contributed by atoms with E-state index in [1.807, 2.05) is 43.3 Å². The lowest BCUT2D eigenvalue weighted by molar-refractivity contribution is 0.224. The van der Waals surface area contributed by atoms with Gasteiger partial charge < -0.3 is 8.83 Å². The first kappa shape index (κ1) is 18.2. The summed E-state index contributed by atoms with van der Waals surface area (Å²) < 4.78 is 11.0. The van der Waals surface area contributed by atoms with E-state index in [4.69, 9.17) is 8.83 Å². The van der Waals surface area contributed by atoms with Gasteiger partial charge in [0.15, 0.2) is 0 Å². The first-order valence-corrected chi connectivity index (χ1v) is 9.27. The van der Waals surface area contributed by atoms with Crippen LogP contribution in [0, 0.1) is 13.8 Å². The fourth-order valence-corrected chi connectivity index (χ4v) is 3.37. The molecule has 4 aromatic rings. The van der Waals surface area contributed by atoms with Crippen molar-refractivity contribution in [2.75, 3.05) is 0 Å². The van der Waals surface area contributed by atoms with Gasteiger partial charge in [0.2, 0.25) is 0 Å². The van der Waals surface area contributed by atoms with E-state index in [1.165, 1.54) is 5.56 Å². The second-order valence-corrected chi connectivity index (χ2v) is 7.07. The van der Waals surface area contributed by atoms with Crippen LogP contribution in [0.4, 0.5) is 0 Å². The molecule has 0 amide bonds. The summed E-state index contributed by atoms with van der Waals surface area (Å²) in [4.78, 5) is 18.8. The number of hydrogen-bond acceptors (Lipinski definition) is 5. The zero-order valence-electron chi connectivity index (χ0n) is 16.0. The molecule has 142 valence electrons. The number of nitrogens with zero attached hydrogens (tertiary/aromatic N) is 2. The molecule has 28 heavy (non-hydrogen) atoms. The maximum Gasteiger partial charge on any atom is 0.336 e. The van der Waals surface area contributed by atoms with E-state index < -0.39 is 0 Å². The molecule has 0 saturated carbocycles. The van der Waals surface area contributed by atoms with E-state index in [-0.39, 0.29) is 5.63 Å². The average Bonchev–Trinajstić information content (AvgIpc) is 3.17. The van der Waals surface area contributed by atoms with E-state index in [0.717, 1.165) is 28.0 Å². The van der Waals surface area contributed by atoms with Crippen molar-refractivity contribution in [2.24, 2.45) is 0 Å². The van der Waals surface area contributed by atoms with Crippen LogP contribution in [0.1, 0.15) is 28.1 Å². The number of aryl methyl sites for hydroxylation is 2. The standard InChI is InChI=1S/C23H22N2O3/c1-16-10-21-18(12-23(26)28-22(21)11-17(16)2)13-25(15-20-7-5-9-27-20)14-19-6-3-4-8-24-19/h3-12H,13-15H2,1-2H3. The monoisotopic (exact) mass is 374 g/mol. The molecule has 3 heterocycles. The number of aromatic nitrogens is 1. The summed E-state index contributed by atoms with van der Waals surface area (Å²) in [5.41, 5.74) is 4.48. The maximum atomic E-state index is 12.1. The Bertz CT molecular complexity index is 1130. The minimum Gasteiger partial charge on any atom is -0.468 e. The van der Waals surface area contributed by atoms with Crippen LogP contribution in [0.3, 0.4) is 0 Å². The fraction of sp³-hybridized carbons (Fsp3) is 0.217. The van der Waals surface area contributed by atoms with E-state index in [0.29, 0.717) is 25.2 Å². The first-order valence-electron chi connectivity index (χ1n) is 9.27. The van der Waals surface area contributed by atoms with Crippen LogP contribution >= 0.6 is 0 Å². The predicted octanol–water partition coefficient (Wildman–Crippen LogP) is 4.60. The number of benzene rings is 1. The highest BCUT2D eigenvalue weighted by atomic mass is 16.4. The summed E-state index contributed by atoms with van der Waals surface area (Å²) in [7, 11) is 0. The summed E-state index contributed by atoms with van der Waals surface area (Å²) >= 11 is 0. The van der Waals surface area contributed by atoms with Crippen molar-refractivity contribution in [3.63, 3.8) is 0 Å². The van der Waals surface area contributed by atoms with Crippen molar-refractivity contribution in [1.82, 2.24) is 9.88 Å². The van der Waals surface area contributed by atoms with Gasteiger partial charge in [-0.3, -0.25) is 9.88 Å². The molecule has 0 atom stereocenters. The summed E-state index contributed by atoms with van der Waals surface area (Å²) in [6, 6.07) is 15.3.